The quantitative estimate of drug-likeness (QED) is 0.892. The molecule has 0 bridgehead atoms. The smallest absolute Gasteiger partial charge is 0.251 e. The summed E-state index contributed by atoms with van der Waals surface area (Å²) in [6.07, 6.45) is 3.30. The van der Waals surface area contributed by atoms with Gasteiger partial charge in [0.2, 0.25) is 0 Å². The molecule has 1 N–H and O–H groups in total. The molecule has 0 saturated heterocycles. The van der Waals surface area contributed by atoms with Crippen LogP contribution in [0.2, 0.25) is 5.02 Å². The Morgan fingerprint density at radius 1 is 1.17 bits per heavy atom. The molecule has 0 spiro atoms. The van der Waals surface area contributed by atoms with E-state index in [1.54, 1.807) is 31.4 Å². The van der Waals surface area contributed by atoms with Gasteiger partial charge in [0.15, 0.2) is 0 Å². The lowest BCUT2D eigenvalue weighted by molar-refractivity contribution is 0.0927. The van der Waals surface area contributed by atoms with Crippen molar-refractivity contribution in [3.63, 3.8) is 0 Å². The van der Waals surface area contributed by atoms with Crippen molar-refractivity contribution in [1.82, 2.24) is 5.32 Å². The Morgan fingerprint density at radius 3 is 2.48 bits per heavy atom. The lowest BCUT2D eigenvalue weighted by Gasteiger charge is -2.43. The van der Waals surface area contributed by atoms with Crippen molar-refractivity contribution in [2.45, 2.75) is 24.7 Å². The summed E-state index contributed by atoms with van der Waals surface area (Å²) in [6, 6.07) is 15.0. The third-order valence-electron chi connectivity index (χ3n) is 4.68. The third kappa shape index (κ3) is 3.20. The van der Waals surface area contributed by atoms with Crippen LogP contribution >= 0.6 is 11.6 Å². The molecule has 0 aliphatic heterocycles. The molecule has 2 aromatic carbocycles. The van der Waals surface area contributed by atoms with E-state index in [9.17, 15) is 4.79 Å². The molecule has 1 fully saturated rings. The molecule has 0 heterocycles. The number of methoxy groups -OCH3 is 1. The first-order chi connectivity index (χ1) is 11.1. The van der Waals surface area contributed by atoms with E-state index in [0.717, 1.165) is 18.6 Å². The van der Waals surface area contributed by atoms with E-state index in [1.165, 1.54) is 12.0 Å². The average molecular weight is 330 g/mol. The van der Waals surface area contributed by atoms with Gasteiger partial charge < -0.3 is 10.1 Å². The van der Waals surface area contributed by atoms with Crippen LogP contribution in [-0.4, -0.2) is 19.6 Å². The van der Waals surface area contributed by atoms with Gasteiger partial charge in [-0.25, -0.2) is 0 Å². The maximum absolute atomic E-state index is 12.3. The molecule has 0 atom stereocenters. The van der Waals surface area contributed by atoms with Gasteiger partial charge in [-0.2, -0.15) is 0 Å². The monoisotopic (exact) mass is 329 g/mol. The van der Waals surface area contributed by atoms with Crippen LogP contribution in [0.25, 0.3) is 0 Å². The number of rotatable bonds is 5. The summed E-state index contributed by atoms with van der Waals surface area (Å²) in [4.78, 5) is 12.3. The van der Waals surface area contributed by atoms with Crippen LogP contribution in [0.4, 0.5) is 0 Å². The summed E-state index contributed by atoms with van der Waals surface area (Å²) in [7, 11) is 1.69. The van der Waals surface area contributed by atoms with Crippen LogP contribution in [-0.2, 0) is 5.41 Å². The zero-order chi connectivity index (χ0) is 16.3. The van der Waals surface area contributed by atoms with Crippen molar-refractivity contribution in [3.05, 3.63) is 64.7 Å². The Balaban J connectivity index is 1.75. The van der Waals surface area contributed by atoms with E-state index < -0.39 is 0 Å². The number of carbonyl (C=O) groups is 1. The van der Waals surface area contributed by atoms with Crippen molar-refractivity contribution in [2.24, 2.45) is 0 Å². The molecule has 1 aliphatic rings. The summed E-state index contributed by atoms with van der Waals surface area (Å²) in [6.45, 7) is 0.620. The van der Waals surface area contributed by atoms with Gasteiger partial charge in [-0.1, -0.05) is 36.2 Å². The largest absolute Gasteiger partial charge is 0.496 e. The first kappa shape index (κ1) is 15.9. The number of hydrogen-bond donors (Lipinski definition) is 1. The Bertz CT molecular complexity index is 693. The van der Waals surface area contributed by atoms with E-state index >= 15 is 0 Å². The van der Waals surface area contributed by atoms with Crippen molar-refractivity contribution < 1.29 is 9.53 Å². The van der Waals surface area contributed by atoms with Gasteiger partial charge in [-0.15, -0.1) is 0 Å². The number of nitrogens with one attached hydrogen (secondary N) is 1. The fourth-order valence-electron chi connectivity index (χ4n) is 3.18. The maximum Gasteiger partial charge on any atom is 0.251 e. The fourth-order valence-corrected chi connectivity index (χ4v) is 3.31. The van der Waals surface area contributed by atoms with Crippen LogP contribution in [0.3, 0.4) is 0 Å². The highest BCUT2D eigenvalue weighted by atomic mass is 35.5. The molecule has 23 heavy (non-hydrogen) atoms. The molecular weight excluding hydrogens is 310 g/mol. The summed E-state index contributed by atoms with van der Waals surface area (Å²) in [5, 5.41) is 3.70. The molecule has 0 aromatic heterocycles. The number of hydrogen-bond acceptors (Lipinski definition) is 2. The minimum Gasteiger partial charge on any atom is -0.496 e. The van der Waals surface area contributed by atoms with Gasteiger partial charge in [-0.3, -0.25) is 4.79 Å². The molecule has 4 heteroatoms. The number of para-hydroxylation sites is 1. The summed E-state index contributed by atoms with van der Waals surface area (Å²) >= 11 is 5.87. The van der Waals surface area contributed by atoms with Gasteiger partial charge in [0.1, 0.15) is 5.75 Å². The molecule has 1 aliphatic carbocycles. The number of benzene rings is 2. The Kier molecular flexibility index (Phi) is 4.58. The SMILES string of the molecule is COc1ccccc1C1(CNC(=O)c2ccc(Cl)cc2)CCC1. The van der Waals surface area contributed by atoms with Crippen LogP contribution in [0.5, 0.6) is 5.75 Å². The molecule has 2 aromatic rings. The van der Waals surface area contributed by atoms with E-state index in [0.29, 0.717) is 17.1 Å². The Labute approximate surface area is 141 Å². The van der Waals surface area contributed by atoms with Crippen molar-refractivity contribution >= 4 is 17.5 Å². The van der Waals surface area contributed by atoms with E-state index in [1.807, 2.05) is 18.2 Å². The van der Waals surface area contributed by atoms with E-state index in [-0.39, 0.29) is 11.3 Å². The van der Waals surface area contributed by atoms with Gasteiger partial charge in [-0.05, 0) is 43.2 Å². The first-order valence-electron chi connectivity index (χ1n) is 7.82. The first-order valence-corrected chi connectivity index (χ1v) is 8.20. The molecular formula is C19H20ClNO2. The normalized spacial score (nSPS) is 15.6. The van der Waals surface area contributed by atoms with Crippen molar-refractivity contribution in [1.29, 1.82) is 0 Å². The minimum absolute atomic E-state index is 0.0192. The topological polar surface area (TPSA) is 38.3 Å². The molecule has 120 valence electrons. The van der Waals surface area contributed by atoms with E-state index in [2.05, 4.69) is 11.4 Å². The number of amides is 1. The maximum atomic E-state index is 12.3. The van der Waals surface area contributed by atoms with Gasteiger partial charge in [0, 0.05) is 28.1 Å². The fraction of sp³-hybridized carbons (Fsp3) is 0.316. The van der Waals surface area contributed by atoms with Gasteiger partial charge in [0.25, 0.3) is 5.91 Å². The molecule has 1 saturated carbocycles. The van der Waals surface area contributed by atoms with Crippen LogP contribution in [0.1, 0.15) is 35.2 Å². The highest BCUT2D eigenvalue weighted by molar-refractivity contribution is 6.30. The third-order valence-corrected chi connectivity index (χ3v) is 4.93. The highest BCUT2D eigenvalue weighted by Gasteiger charge is 2.40. The van der Waals surface area contributed by atoms with Crippen molar-refractivity contribution in [2.75, 3.05) is 13.7 Å². The molecule has 3 rings (SSSR count). The van der Waals surface area contributed by atoms with Gasteiger partial charge >= 0.3 is 0 Å². The molecule has 0 radical (unpaired) electrons. The second-order valence-electron chi connectivity index (χ2n) is 6.02. The number of ether oxygens (including phenoxy) is 1. The Morgan fingerprint density at radius 2 is 1.87 bits per heavy atom. The van der Waals surface area contributed by atoms with Crippen molar-refractivity contribution in [3.8, 4) is 5.75 Å². The standard InChI is InChI=1S/C19H20ClNO2/c1-23-17-6-3-2-5-16(17)19(11-4-12-19)13-21-18(22)14-7-9-15(20)10-8-14/h2-3,5-10H,4,11-13H2,1H3,(H,21,22). The summed E-state index contributed by atoms with van der Waals surface area (Å²) in [5.41, 5.74) is 1.79. The summed E-state index contributed by atoms with van der Waals surface area (Å²) in [5.74, 6) is 0.829. The van der Waals surface area contributed by atoms with Crippen LogP contribution < -0.4 is 10.1 Å². The lowest BCUT2D eigenvalue weighted by Crippen LogP contribution is -2.45. The Hall–Kier alpha value is -2.00. The number of carbonyl (C=O) groups excluding carboxylic acids is 1. The predicted octanol–water partition coefficient (Wildman–Crippen LogP) is 4.20. The molecule has 0 unspecified atom stereocenters. The minimum atomic E-state index is -0.0668. The van der Waals surface area contributed by atoms with E-state index in [4.69, 9.17) is 16.3 Å². The van der Waals surface area contributed by atoms with Gasteiger partial charge in [0.05, 0.1) is 7.11 Å². The second kappa shape index (κ2) is 6.63. The predicted molar refractivity (Wildman–Crippen MR) is 92.3 cm³/mol. The second-order valence-corrected chi connectivity index (χ2v) is 6.46. The molecule has 3 nitrogen and oxygen atoms in total. The van der Waals surface area contributed by atoms with Crippen LogP contribution in [0, 0.1) is 0 Å². The zero-order valence-electron chi connectivity index (χ0n) is 13.1. The highest BCUT2D eigenvalue weighted by Crippen LogP contribution is 2.46. The number of halogens is 1. The molecule has 1 amide bonds. The summed E-state index contributed by atoms with van der Waals surface area (Å²) < 4.78 is 5.50. The zero-order valence-corrected chi connectivity index (χ0v) is 13.9. The van der Waals surface area contributed by atoms with Crippen LogP contribution in [0.15, 0.2) is 48.5 Å². The average Bonchev–Trinajstić information content (AvgIpc) is 2.54. The lowest BCUT2D eigenvalue weighted by atomic mass is 9.64.